The topological polar surface area (TPSA) is 92.0 Å². The zero-order valence-corrected chi connectivity index (χ0v) is 18.4. The molecule has 1 atom stereocenters. The molecule has 29 heavy (non-hydrogen) atoms. The van der Waals surface area contributed by atoms with Crippen molar-refractivity contribution in [2.75, 3.05) is 17.1 Å². The van der Waals surface area contributed by atoms with Crippen molar-refractivity contribution in [2.24, 2.45) is 0 Å². The molecule has 9 heteroatoms. The second-order valence-corrected chi connectivity index (χ2v) is 10.2. The fraction of sp³-hybridized carbons (Fsp3) is 0.300. The molecule has 0 amide bonds. The van der Waals surface area contributed by atoms with Gasteiger partial charge in [0.15, 0.2) is 0 Å². The molecule has 1 aliphatic rings. The smallest absolute Gasteiger partial charge is 0.340 e. The number of hydrogen-bond acceptors (Lipinski definition) is 4. The van der Waals surface area contributed by atoms with Crippen LogP contribution in [0.2, 0.25) is 0 Å². The molecule has 1 aromatic carbocycles. The number of aromatic nitrogens is 2. The standard InChI is InChI=1S/C20H20BrN3O4S/c1-12-4-3-9-24(29(2,27)28)17-11-23-16(10-15(12)17)18(20(25)26)19(22-23)13-5-7-14(21)8-6-13/h5-8,10-12H,3-4,9H2,1-2H3,(H,25,26). The van der Waals surface area contributed by atoms with Gasteiger partial charge in [0.1, 0.15) is 11.3 Å². The Balaban J connectivity index is 2.02. The van der Waals surface area contributed by atoms with Crippen LogP contribution in [0.15, 0.2) is 41.0 Å². The van der Waals surface area contributed by atoms with Crippen LogP contribution in [-0.2, 0) is 10.0 Å². The number of anilines is 1. The third kappa shape index (κ3) is 3.53. The Morgan fingerprint density at radius 3 is 2.59 bits per heavy atom. The van der Waals surface area contributed by atoms with Gasteiger partial charge in [0.05, 0.1) is 23.7 Å². The third-order valence-corrected chi connectivity index (χ3v) is 7.02. The van der Waals surface area contributed by atoms with Gasteiger partial charge < -0.3 is 5.11 Å². The molecule has 0 spiro atoms. The first kappa shape index (κ1) is 19.9. The molecule has 7 nitrogen and oxygen atoms in total. The predicted molar refractivity (Wildman–Crippen MR) is 115 cm³/mol. The van der Waals surface area contributed by atoms with Crippen molar-refractivity contribution < 1.29 is 18.3 Å². The van der Waals surface area contributed by atoms with Crippen LogP contribution in [0.4, 0.5) is 5.69 Å². The molecule has 0 bridgehead atoms. The maximum atomic E-state index is 12.4. The maximum Gasteiger partial charge on any atom is 0.340 e. The fourth-order valence-electron chi connectivity index (χ4n) is 3.88. The average molecular weight is 478 g/mol. The number of carboxylic acids is 1. The number of halogens is 1. The molecule has 0 aliphatic carbocycles. The number of carbonyl (C=O) groups is 1. The van der Waals surface area contributed by atoms with Crippen molar-refractivity contribution in [2.45, 2.75) is 25.7 Å². The van der Waals surface area contributed by atoms with Crippen molar-refractivity contribution in [3.63, 3.8) is 0 Å². The minimum Gasteiger partial charge on any atom is -0.478 e. The first-order valence-corrected chi connectivity index (χ1v) is 11.8. The van der Waals surface area contributed by atoms with E-state index in [0.29, 0.717) is 29.0 Å². The Kier molecular flexibility index (Phi) is 4.90. The van der Waals surface area contributed by atoms with Crippen LogP contribution in [0.1, 0.15) is 41.6 Å². The predicted octanol–water partition coefficient (Wildman–Crippen LogP) is 4.13. The van der Waals surface area contributed by atoms with Crippen LogP contribution in [0.5, 0.6) is 0 Å². The summed E-state index contributed by atoms with van der Waals surface area (Å²) in [6, 6.07) is 9.03. The molecule has 0 radical (unpaired) electrons. The largest absolute Gasteiger partial charge is 0.478 e. The quantitative estimate of drug-likeness (QED) is 0.612. The van der Waals surface area contributed by atoms with Crippen molar-refractivity contribution in [3.8, 4) is 11.3 Å². The van der Waals surface area contributed by atoms with Crippen LogP contribution < -0.4 is 4.31 Å². The molecule has 1 aliphatic heterocycles. The Morgan fingerprint density at radius 1 is 1.28 bits per heavy atom. The highest BCUT2D eigenvalue weighted by Crippen LogP contribution is 2.38. The molecule has 0 saturated carbocycles. The van der Waals surface area contributed by atoms with Gasteiger partial charge in [-0.15, -0.1) is 0 Å². The highest BCUT2D eigenvalue weighted by atomic mass is 79.9. The van der Waals surface area contributed by atoms with Gasteiger partial charge in [-0.05, 0) is 42.5 Å². The van der Waals surface area contributed by atoms with E-state index in [-0.39, 0.29) is 11.5 Å². The van der Waals surface area contributed by atoms with Crippen LogP contribution in [-0.4, -0.2) is 41.9 Å². The highest BCUT2D eigenvalue weighted by molar-refractivity contribution is 9.10. The van der Waals surface area contributed by atoms with Gasteiger partial charge >= 0.3 is 5.97 Å². The average Bonchev–Trinajstić information content (AvgIpc) is 2.93. The first-order chi connectivity index (χ1) is 13.7. The number of fused-ring (bicyclic) bond motifs is 2. The Morgan fingerprint density at radius 2 is 1.97 bits per heavy atom. The van der Waals surface area contributed by atoms with Gasteiger partial charge in [-0.1, -0.05) is 35.0 Å². The molecule has 4 rings (SSSR count). The van der Waals surface area contributed by atoms with E-state index in [0.717, 1.165) is 22.9 Å². The number of hydrogen-bond donors (Lipinski definition) is 1. The molecule has 1 N–H and O–H groups in total. The lowest BCUT2D eigenvalue weighted by molar-refractivity contribution is 0.0700. The van der Waals surface area contributed by atoms with E-state index in [9.17, 15) is 18.3 Å². The van der Waals surface area contributed by atoms with Crippen molar-refractivity contribution in [3.05, 3.63) is 52.1 Å². The number of aromatic carboxylic acids is 1. The lowest BCUT2D eigenvalue weighted by Crippen LogP contribution is -2.30. The molecular weight excluding hydrogens is 458 g/mol. The summed E-state index contributed by atoms with van der Waals surface area (Å²) in [7, 11) is -3.46. The van der Waals surface area contributed by atoms with E-state index in [1.807, 2.05) is 19.1 Å². The summed E-state index contributed by atoms with van der Waals surface area (Å²) in [5, 5.41) is 14.4. The lowest BCUT2D eigenvalue weighted by atomic mass is 9.96. The van der Waals surface area contributed by atoms with E-state index in [4.69, 9.17) is 0 Å². The number of carboxylic acid groups (broad SMARTS) is 1. The Hall–Kier alpha value is -2.39. The number of sulfonamides is 1. The summed E-state index contributed by atoms with van der Waals surface area (Å²) < 4.78 is 28.5. The third-order valence-electron chi connectivity index (χ3n) is 5.31. The SMILES string of the molecule is CC1CCCN(S(C)(=O)=O)c2cn3nc(-c4ccc(Br)cc4)c(C(=O)O)c3cc21. The van der Waals surface area contributed by atoms with Gasteiger partial charge in [0, 0.05) is 16.6 Å². The minimum absolute atomic E-state index is 0.106. The number of benzene rings is 1. The van der Waals surface area contributed by atoms with Gasteiger partial charge in [0.25, 0.3) is 0 Å². The maximum absolute atomic E-state index is 12.4. The second-order valence-electron chi connectivity index (χ2n) is 7.36. The summed E-state index contributed by atoms with van der Waals surface area (Å²) in [4.78, 5) is 12.1. The Bertz CT molecular complexity index is 1220. The first-order valence-electron chi connectivity index (χ1n) is 9.20. The van der Waals surface area contributed by atoms with E-state index in [1.54, 1.807) is 24.4 Å². The summed E-state index contributed by atoms with van der Waals surface area (Å²) in [6.45, 7) is 2.43. The van der Waals surface area contributed by atoms with Crippen LogP contribution in [0.25, 0.3) is 16.8 Å². The van der Waals surface area contributed by atoms with Gasteiger partial charge in [-0.25, -0.2) is 17.7 Å². The van der Waals surface area contributed by atoms with Crippen molar-refractivity contribution >= 4 is 43.1 Å². The zero-order valence-electron chi connectivity index (χ0n) is 16.0. The molecule has 0 saturated heterocycles. The molecule has 0 fully saturated rings. The fourth-order valence-corrected chi connectivity index (χ4v) is 5.12. The van der Waals surface area contributed by atoms with Crippen LogP contribution in [0.3, 0.4) is 0 Å². The lowest BCUT2D eigenvalue weighted by Gasteiger charge is -2.23. The van der Waals surface area contributed by atoms with E-state index >= 15 is 0 Å². The van der Waals surface area contributed by atoms with Gasteiger partial charge in [-0.3, -0.25) is 4.31 Å². The Labute approximate surface area is 177 Å². The monoisotopic (exact) mass is 477 g/mol. The number of nitrogens with zero attached hydrogens (tertiary/aromatic N) is 3. The van der Waals surface area contributed by atoms with E-state index in [2.05, 4.69) is 21.0 Å². The molecule has 2 aromatic heterocycles. The molecule has 3 heterocycles. The molecule has 1 unspecified atom stereocenters. The van der Waals surface area contributed by atoms with Crippen LogP contribution >= 0.6 is 15.9 Å². The van der Waals surface area contributed by atoms with Gasteiger partial charge in [-0.2, -0.15) is 5.10 Å². The summed E-state index contributed by atoms with van der Waals surface area (Å²) in [5.74, 6) is -0.964. The number of rotatable bonds is 3. The van der Waals surface area contributed by atoms with Crippen molar-refractivity contribution in [1.82, 2.24) is 9.61 Å². The summed E-state index contributed by atoms with van der Waals surface area (Å²) in [6.07, 6.45) is 4.39. The van der Waals surface area contributed by atoms with Crippen molar-refractivity contribution in [1.29, 1.82) is 0 Å². The van der Waals surface area contributed by atoms with E-state index < -0.39 is 16.0 Å². The normalized spacial score (nSPS) is 17.2. The molecule has 3 aromatic rings. The molecule has 152 valence electrons. The highest BCUT2D eigenvalue weighted by Gasteiger charge is 2.29. The van der Waals surface area contributed by atoms with E-state index in [1.165, 1.54) is 15.1 Å². The summed E-state index contributed by atoms with van der Waals surface area (Å²) in [5.41, 5.74) is 2.98. The van der Waals surface area contributed by atoms with Gasteiger partial charge in [0.2, 0.25) is 10.0 Å². The van der Waals surface area contributed by atoms with Crippen LogP contribution in [0, 0.1) is 0 Å². The zero-order chi connectivity index (χ0) is 20.9. The summed E-state index contributed by atoms with van der Waals surface area (Å²) >= 11 is 3.38. The number of pyridine rings is 1. The molecular formula is C20H20BrN3O4S. The second kappa shape index (κ2) is 7.14. The minimum atomic E-state index is -3.46.